The summed E-state index contributed by atoms with van der Waals surface area (Å²) in [6, 6.07) is 12.7. The minimum absolute atomic E-state index is 0.477. The number of benzene rings is 1. The van der Waals surface area contributed by atoms with Crippen molar-refractivity contribution in [1.29, 1.82) is 0 Å². The van der Waals surface area contributed by atoms with Gasteiger partial charge in [0, 0.05) is 18.5 Å². The number of nitrogen functional groups attached to an aromatic ring is 1. The largest absolute Gasteiger partial charge is 0.382 e. The molecule has 0 bridgehead atoms. The fraction of sp³-hybridized carbons (Fsp3) is 0.286. The first-order valence-corrected chi connectivity index (χ1v) is 9.54. The summed E-state index contributed by atoms with van der Waals surface area (Å²) in [4.78, 5) is 9.29. The van der Waals surface area contributed by atoms with Crippen molar-refractivity contribution in [3.63, 3.8) is 0 Å². The third kappa shape index (κ3) is 2.68. The van der Waals surface area contributed by atoms with Crippen LogP contribution in [-0.4, -0.2) is 24.1 Å². The van der Waals surface area contributed by atoms with E-state index in [-0.39, 0.29) is 0 Å². The lowest BCUT2D eigenvalue weighted by atomic mass is 10.0. The van der Waals surface area contributed by atoms with Gasteiger partial charge in [0.15, 0.2) is 5.65 Å². The first-order valence-electron chi connectivity index (χ1n) is 9.54. The number of aromatic nitrogens is 5. The SMILES string of the molecule is CCc1ccc(-c2nc3n(c2-c2ccc4nc(N)cn4n2)CCCC3)cc1. The summed E-state index contributed by atoms with van der Waals surface area (Å²) in [6.07, 6.45) is 6.16. The standard InChI is InChI=1S/C21H22N6/c1-2-14-6-8-15(9-7-14)20-21(26-12-4-3-5-18(26)24-20)16-10-11-19-23-17(22)13-27(19)25-16/h6-11,13H,2-5,12,22H2,1H3. The van der Waals surface area contributed by atoms with E-state index in [1.54, 1.807) is 10.7 Å². The fourth-order valence-electron chi connectivity index (χ4n) is 3.87. The molecule has 0 saturated heterocycles. The van der Waals surface area contributed by atoms with Crippen molar-refractivity contribution < 1.29 is 0 Å². The van der Waals surface area contributed by atoms with Crippen LogP contribution >= 0.6 is 0 Å². The van der Waals surface area contributed by atoms with Gasteiger partial charge in [-0.3, -0.25) is 0 Å². The third-order valence-corrected chi connectivity index (χ3v) is 5.30. The predicted molar refractivity (Wildman–Crippen MR) is 106 cm³/mol. The molecule has 0 amide bonds. The Kier molecular flexibility index (Phi) is 3.70. The molecule has 6 heteroatoms. The fourth-order valence-corrected chi connectivity index (χ4v) is 3.87. The number of anilines is 1. The summed E-state index contributed by atoms with van der Waals surface area (Å²) in [5, 5.41) is 4.78. The molecule has 5 rings (SSSR count). The second kappa shape index (κ2) is 6.23. The summed E-state index contributed by atoms with van der Waals surface area (Å²) < 4.78 is 4.08. The Labute approximate surface area is 157 Å². The van der Waals surface area contributed by atoms with E-state index in [9.17, 15) is 0 Å². The maximum absolute atomic E-state index is 5.83. The van der Waals surface area contributed by atoms with Gasteiger partial charge in [0.05, 0.1) is 17.6 Å². The summed E-state index contributed by atoms with van der Waals surface area (Å²) >= 11 is 0. The molecule has 27 heavy (non-hydrogen) atoms. The Bertz CT molecular complexity index is 1120. The lowest BCUT2D eigenvalue weighted by molar-refractivity contribution is 0.525. The minimum atomic E-state index is 0.477. The number of hydrogen-bond donors (Lipinski definition) is 1. The van der Waals surface area contributed by atoms with Gasteiger partial charge in [-0.05, 0) is 37.0 Å². The number of hydrogen-bond acceptors (Lipinski definition) is 4. The van der Waals surface area contributed by atoms with E-state index in [1.807, 2.05) is 12.1 Å². The molecular weight excluding hydrogens is 336 g/mol. The van der Waals surface area contributed by atoms with Gasteiger partial charge in [-0.15, -0.1) is 0 Å². The second-order valence-corrected chi connectivity index (χ2v) is 7.07. The molecule has 0 aliphatic carbocycles. The van der Waals surface area contributed by atoms with Crippen LogP contribution < -0.4 is 5.73 Å². The van der Waals surface area contributed by atoms with Crippen molar-refractivity contribution in [2.75, 3.05) is 5.73 Å². The van der Waals surface area contributed by atoms with E-state index in [4.69, 9.17) is 15.8 Å². The normalized spacial score (nSPS) is 13.8. The van der Waals surface area contributed by atoms with Gasteiger partial charge >= 0.3 is 0 Å². The highest BCUT2D eigenvalue weighted by Gasteiger charge is 2.23. The summed E-state index contributed by atoms with van der Waals surface area (Å²) in [7, 11) is 0. The van der Waals surface area contributed by atoms with Gasteiger partial charge in [-0.2, -0.15) is 5.10 Å². The zero-order valence-corrected chi connectivity index (χ0v) is 15.4. The van der Waals surface area contributed by atoms with E-state index in [1.165, 1.54) is 18.4 Å². The molecule has 0 fully saturated rings. The van der Waals surface area contributed by atoms with Crippen molar-refractivity contribution >= 4 is 11.5 Å². The van der Waals surface area contributed by atoms with E-state index in [0.717, 1.165) is 53.5 Å². The molecule has 1 aromatic carbocycles. The molecule has 0 atom stereocenters. The molecule has 1 aliphatic heterocycles. The Morgan fingerprint density at radius 2 is 1.89 bits per heavy atom. The third-order valence-electron chi connectivity index (χ3n) is 5.30. The van der Waals surface area contributed by atoms with Crippen molar-refractivity contribution in [2.24, 2.45) is 0 Å². The number of nitrogens with zero attached hydrogens (tertiary/aromatic N) is 5. The molecule has 0 unspecified atom stereocenters. The van der Waals surface area contributed by atoms with E-state index in [0.29, 0.717) is 5.82 Å². The highest BCUT2D eigenvalue weighted by Crippen LogP contribution is 2.34. The number of aryl methyl sites for hydroxylation is 2. The molecule has 4 heterocycles. The molecule has 3 aromatic heterocycles. The van der Waals surface area contributed by atoms with Crippen molar-refractivity contribution in [3.05, 3.63) is 54.0 Å². The first kappa shape index (κ1) is 16.1. The van der Waals surface area contributed by atoms with E-state index >= 15 is 0 Å². The first-order chi connectivity index (χ1) is 13.2. The Morgan fingerprint density at radius 3 is 2.70 bits per heavy atom. The average Bonchev–Trinajstić information content (AvgIpc) is 3.27. The molecule has 0 saturated carbocycles. The second-order valence-electron chi connectivity index (χ2n) is 7.07. The number of nitrogens with two attached hydrogens (primary N) is 1. The highest BCUT2D eigenvalue weighted by atomic mass is 15.3. The highest BCUT2D eigenvalue weighted by molar-refractivity contribution is 5.78. The van der Waals surface area contributed by atoms with E-state index < -0.39 is 0 Å². The number of fused-ring (bicyclic) bond motifs is 2. The smallest absolute Gasteiger partial charge is 0.156 e. The minimum Gasteiger partial charge on any atom is -0.382 e. The van der Waals surface area contributed by atoms with Crippen LogP contribution in [0, 0.1) is 0 Å². The Balaban J connectivity index is 1.71. The summed E-state index contributed by atoms with van der Waals surface area (Å²) in [5.41, 5.74) is 12.0. The van der Waals surface area contributed by atoms with Crippen LogP contribution in [0.3, 0.4) is 0 Å². The number of imidazole rings is 2. The van der Waals surface area contributed by atoms with Crippen molar-refractivity contribution in [2.45, 2.75) is 39.2 Å². The zero-order chi connectivity index (χ0) is 18.4. The van der Waals surface area contributed by atoms with Crippen LogP contribution in [0.4, 0.5) is 5.82 Å². The lowest BCUT2D eigenvalue weighted by Crippen LogP contribution is -2.12. The van der Waals surface area contributed by atoms with Gasteiger partial charge < -0.3 is 10.3 Å². The van der Waals surface area contributed by atoms with Crippen LogP contribution in [0.15, 0.2) is 42.6 Å². The van der Waals surface area contributed by atoms with Gasteiger partial charge in [0.2, 0.25) is 0 Å². The van der Waals surface area contributed by atoms with Crippen molar-refractivity contribution in [3.8, 4) is 22.6 Å². The molecule has 0 spiro atoms. The van der Waals surface area contributed by atoms with Crippen LogP contribution in [-0.2, 0) is 19.4 Å². The van der Waals surface area contributed by atoms with Gasteiger partial charge in [-0.1, -0.05) is 31.2 Å². The van der Waals surface area contributed by atoms with Gasteiger partial charge in [-0.25, -0.2) is 14.5 Å². The maximum atomic E-state index is 5.83. The molecule has 0 radical (unpaired) electrons. The van der Waals surface area contributed by atoms with Gasteiger partial charge in [0.25, 0.3) is 0 Å². The molecule has 6 nitrogen and oxygen atoms in total. The van der Waals surface area contributed by atoms with Crippen LogP contribution in [0.5, 0.6) is 0 Å². The lowest BCUT2D eigenvalue weighted by Gasteiger charge is -2.16. The molecule has 136 valence electrons. The zero-order valence-electron chi connectivity index (χ0n) is 15.4. The quantitative estimate of drug-likeness (QED) is 0.605. The Morgan fingerprint density at radius 1 is 1.04 bits per heavy atom. The van der Waals surface area contributed by atoms with Crippen LogP contribution in [0.2, 0.25) is 0 Å². The van der Waals surface area contributed by atoms with Gasteiger partial charge in [0.1, 0.15) is 17.3 Å². The van der Waals surface area contributed by atoms with Crippen LogP contribution in [0.1, 0.15) is 31.2 Å². The molecular formula is C21H22N6. The topological polar surface area (TPSA) is 74.0 Å². The maximum Gasteiger partial charge on any atom is 0.156 e. The average molecular weight is 358 g/mol. The molecule has 4 aromatic rings. The molecule has 1 aliphatic rings. The number of rotatable bonds is 3. The molecule has 2 N–H and O–H groups in total. The van der Waals surface area contributed by atoms with Crippen LogP contribution in [0.25, 0.3) is 28.3 Å². The summed E-state index contributed by atoms with van der Waals surface area (Å²) in [5.74, 6) is 1.63. The van der Waals surface area contributed by atoms with Crippen molar-refractivity contribution in [1.82, 2.24) is 24.1 Å². The van der Waals surface area contributed by atoms with E-state index in [2.05, 4.69) is 40.7 Å². The Hall–Kier alpha value is -3.15. The predicted octanol–water partition coefficient (Wildman–Crippen LogP) is 3.74. The summed E-state index contributed by atoms with van der Waals surface area (Å²) in [6.45, 7) is 3.15. The monoisotopic (exact) mass is 358 g/mol.